The molecule has 8 heteroatoms. The Labute approximate surface area is 180 Å². The first kappa shape index (κ1) is 23.6. The number of phenols is 1. The van der Waals surface area contributed by atoms with Gasteiger partial charge in [-0.25, -0.2) is 9.82 Å². The van der Waals surface area contributed by atoms with Crippen molar-refractivity contribution in [3.8, 4) is 11.5 Å². The van der Waals surface area contributed by atoms with Gasteiger partial charge < -0.3 is 15.2 Å². The smallest absolute Gasteiger partial charge is 0.262 e. The van der Waals surface area contributed by atoms with Gasteiger partial charge in [0.2, 0.25) is 0 Å². The van der Waals surface area contributed by atoms with Gasteiger partial charge in [-0.3, -0.25) is 9.59 Å². The number of nitrogens with zero attached hydrogens (tertiary/aromatic N) is 1. The number of phenolic OH excluding ortho intramolecular Hbond substituents is 1. The fourth-order valence-electron chi connectivity index (χ4n) is 2.83. The molecule has 2 aromatic carbocycles. The van der Waals surface area contributed by atoms with Gasteiger partial charge >= 0.3 is 0 Å². The summed E-state index contributed by atoms with van der Waals surface area (Å²) < 4.78 is 18.2. The number of hydrazone groups is 1. The molecule has 0 aliphatic carbocycles. The molecule has 7 nitrogen and oxygen atoms in total. The molecular weight excluding hydrogens is 401 g/mol. The average molecular weight is 427 g/mol. The van der Waals surface area contributed by atoms with Crippen molar-refractivity contribution in [1.82, 2.24) is 10.7 Å². The maximum Gasteiger partial charge on any atom is 0.262 e. The van der Waals surface area contributed by atoms with E-state index in [1.807, 2.05) is 0 Å². The number of hydrogen-bond donors (Lipinski definition) is 3. The normalized spacial score (nSPS) is 11.9. The first-order valence-corrected chi connectivity index (χ1v) is 9.67. The predicted octanol–water partition coefficient (Wildman–Crippen LogP) is 3.17. The van der Waals surface area contributed by atoms with Crippen LogP contribution < -0.4 is 15.5 Å². The molecule has 0 saturated carbocycles. The lowest BCUT2D eigenvalue weighted by Gasteiger charge is -2.20. The Kier molecular flexibility index (Phi) is 8.31. The SMILES string of the molecule is C=CCc1cc(C=NNC(=O)C(NC(=O)c2ccc(F)cc2)C(C)C)cc(OC)c1O. The molecule has 31 heavy (non-hydrogen) atoms. The number of carbonyl (C=O) groups is 2. The number of allylic oxidation sites excluding steroid dienone is 1. The number of ether oxygens (including phenoxy) is 1. The zero-order chi connectivity index (χ0) is 23.0. The summed E-state index contributed by atoms with van der Waals surface area (Å²) in [5, 5.41) is 16.7. The molecule has 1 atom stereocenters. The Balaban J connectivity index is 2.10. The van der Waals surface area contributed by atoms with Crippen molar-refractivity contribution >= 4 is 18.0 Å². The van der Waals surface area contributed by atoms with Crippen LogP contribution in [0.5, 0.6) is 11.5 Å². The minimum atomic E-state index is -0.847. The van der Waals surface area contributed by atoms with E-state index in [9.17, 15) is 19.1 Å². The molecule has 2 rings (SSSR count). The third-order valence-corrected chi connectivity index (χ3v) is 4.49. The predicted molar refractivity (Wildman–Crippen MR) is 117 cm³/mol. The summed E-state index contributed by atoms with van der Waals surface area (Å²) in [4.78, 5) is 24.9. The third-order valence-electron chi connectivity index (χ3n) is 4.49. The van der Waals surface area contributed by atoms with Crippen molar-refractivity contribution in [2.45, 2.75) is 26.3 Å². The number of carbonyl (C=O) groups excluding carboxylic acids is 2. The number of rotatable bonds is 9. The average Bonchev–Trinajstić information content (AvgIpc) is 2.74. The highest BCUT2D eigenvalue weighted by Crippen LogP contribution is 2.31. The lowest BCUT2D eigenvalue weighted by atomic mass is 10.0. The summed E-state index contributed by atoms with van der Waals surface area (Å²) in [6, 6.07) is 7.47. The summed E-state index contributed by atoms with van der Waals surface area (Å²) >= 11 is 0. The van der Waals surface area contributed by atoms with Crippen molar-refractivity contribution < 1.29 is 23.8 Å². The molecule has 0 aromatic heterocycles. The van der Waals surface area contributed by atoms with E-state index in [0.29, 0.717) is 17.5 Å². The van der Waals surface area contributed by atoms with Gasteiger partial charge in [-0.2, -0.15) is 5.10 Å². The molecule has 2 amide bonds. The summed E-state index contributed by atoms with van der Waals surface area (Å²) in [6.07, 6.45) is 3.49. The van der Waals surface area contributed by atoms with E-state index < -0.39 is 23.7 Å². The van der Waals surface area contributed by atoms with Crippen LogP contribution in [-0.2, 0) is 11.2 Å². The zero-order valence-corrected chi connectivity index (χ0v) is 17.7. The van der Waals surface area contributed by atoms with E-state index in [-0.39, 0.29) is 23.0 Å². The molecule has 0 heterocycles. The first-order chi connectivity index (χ1) is 14.8. The second-order valence-electron chi connectivity index (χ2n) is 7.16. The van der Waals surface area contributed by atoms with Crippen LogP contribution in [0.4, 0.5) is 4.39 Å². The molecule has 0 spiro atoms. The fraction of sp³-hybridized carbons (Fsp3) is 0.261. The van der Waals surface area contributed by atoms with E-state index in [2.05, 4.69) is 22.4 Å². The number of nitrogens with one attached hydrogen (secondary N) is 2. The van der Waals surface area contributed by atoms with Gasteiger partial charge in [0.1, 0.15) is 11.9 Å². The number of amides is 2. The standard InChI is InChI=1S/C23H26FN3O4/c1-5-6-17-11-15(12-19(31-4)21(17)28)13-25-27-23(30)20(14(2)3)26-22(29)16-7-9-18(24)10-8-16/h5,7-14,20,28H,1,6H2,2-4H3,(H,26,29)(H,27,30). The molecule has 1 unspecified atom stereocenters. The molecule has 0 radical (unpaired) electrons. The molecular formula is C23H26FN3O4. The van der Waals surface area contributed by atoms with Crippen molar-refractivity contribution in [3.63, 3.8) is 0 Å². The maximum atomic E-state index is 13.0. The van der Waals surface area contributed by atoms with Crippen molar-refractivity contribution in [3.05, 3.63) is 71.6 Å². The molecule has 2 aromatic rings. The second-order valence-corrected chi connectivity index (χ2v) is 7.16. The Morgan fingerprint density at radius 3 is 2.52 bits per heavy atom. The molecule has 0 bridgehead atoms. The molecule has 0 saturated heterocycles. The van der Waals surface area contributed by atoms with Gasteiger partial charge in [-0.15, -0.1) is 6.58 Å². The van der Waals surface area contributed by atoms with Crippen molar-refractivity contribution in [2.75, 3.05) is 7.11 Å². The lowest BCUT2D eigenvalue weighted by Crippen LogP contribution is -2.48. The largest absolute Gasteiger partial charge is 0.504 e. The van der Waals surface area contributed by atoms with Crippen molar-refractivity contribution in [2.24, 2.45) is 11.0 Å². The van der Waals surface area contributed by atoms with Crippen LogP contribution in [0.1, 0.15) is 35.3 Å². The molecule has 3 N–H and O–H groups in total. The quantitative estimate of drug-likeness (QED) is 0.325. The first-order valence-electron chi connectivity index (χ1n) is 9.67. The van der Waals surface area contributed by atoms with Crippen LogP contribution >= 0.6 is 0 Å². The zero-order valence-electron chi connectivity index (χ0n) is 17.7. The van der Waals surface area contributed by atoms with Crippen LogP contribution in [-0.4, -0.2) is 36.3 Å². The highest BCUT2D eigenvalue weighted by molar-refractivity contribution is 5.97. The van der Waals surface area contributed by atoms with Gasteiger partial charge in [0.15, 0.2) is 11.5 Å². The number of hydrogen-bond acceptors (Lipinski definition) is 5. The van der Waals surface area contributed by atoms with Crippen LogP contribution in [0, 0.1) is 11.7 Å². The van der Waals surface area contributed by atoms with Crippen LogP contribution in [0.25, 0.3) is 0 Å². The van der Waals surface area contributed by atoms with Gasteiger partial charge in [0, 0.05) is 11.1 Å². The molecule has 0 fully saturated rings. The Hall–Kier alpha value is -3.68. The van der Waals surface area contributed by atoms with Crippen LogP contribution in [0.15, 0.2) is 54.2 Å². The number of aromatic hydroxyl groups is 1. The third kappa shape index (κ3) is 6.40. The Morgan fingerprint density at radius 1 is 1.26 bits per heavy atom. The maximum absolute atomic E-state index is 13.0. The van der Waals surface area contributed by atoms with Gasteiger partial charge in [-0.05, 0) is 54.3 Å². The number of halogens is 1. The summed E-state index contributed by atoms with van der Waals surface area (Å²) in [5.41, 5.74) is 3.86. The Morgan fingerprint density at radius 2 is 1.94 bits per heavy atom. The molecule has 164 valence electrons. The molecule has 0 aliphatic rings. The van der Waals surface area contributed by atoms with Gasteiger partial charge in [-0.1, -0.05) is 19.9 Å². The highest BCUT2D eigenvalue weighted by Gasteiger charge is 2.24. The highest BCUT2D eigenvalue weighted by atomic mass is 19.1. The fourth-order valence-corrected chi connectivity index (χ4v) is 2.83. The summed E-state index contributed by atoms with van der Waals surface area (Å²) in [7, 11) is 1.44. The van der Waals surface area contributed by atoms with E-state index in [4.69, 9.17) is 4.74 Å². The lowest BCUT2D eigenvalue weighted by molar-refractivity contribution is -0.123. The molecule has 0 aliphatic heterocycles. The summed E-state index contributed by atoms with van der Waals surface area (Å²) in [6.45, 7) is 7.22. The Bertz CT molecular complexity index is 972. The van der Waals surface area contributed by atoms with E-state index in [1.165, 1.54) is 37.6 Å². The van der Waals surface area contributed by atoms with Crippen LogP contribution in [0.2, 0.25) is 0 Å². The number of benzene rings is 2. The minimum Gasteiger partial charge on any atom is -0.504 e. The van der Waals surface area contributed by atoms with Gasteiger partial charge in [0.05, 0.1) is 13.3 Å². The van der Waals surface area contributed by atoms with E-state index in [0.717, 1.165) is 0 Å². The second kappa shape index (κ2) is 10.9. The summed E-state index contributed by atoms with van der Waals surface area (Å²) in [5.74, 6) is -1.36. The van der Waals surface area contributed by atoms with E-state index >= 15 is 0 Å². The van der Waals surface area contributed by atoms with Crippen molar-refractivity contribution in [1.29, 1.82) is 0 Å². The van der Waals surface area contributed by atoms with E-state index in [1.54, 1.807) is 32.1 Å². The number of methoxy groups -OCH3 is 1. The van der Waals surface area contributed by atoms with Gasteiger partial charge in [0.25, 0.3) is 11.8 Å². The topological polar surface area (TPSA) is 100 Å². The van der Waals surface area contributed by atoms with Crippen LogP contribution in [0.3, 0.4) is 0 Å². The minimum absolute atomic E-state index is 0.0203. The monoisotopic (exact) mass is 427 g/mol.